The minimum Gasteiger partial charge on any atom is -0.393 e. The Bertz CT molecular complexity index is 1140. The monoisotopic (exact) mass is 431 g/mol. The van der Waals surface area contributed by atoms with Crippen molar-refractivity contribution in [3.63, 3.8) is 0 Å². The van der Waals surface area contributed by atoms with Crippen molar-refractivity contribution in [3.8, 4) is 22.6 Å². The molecule has 1 saturated heterocycles. The summed E-state index contributed by atoms with van der Waals surface area (Å²) in [7, 11) is -3.75. The summed E-state index contributed by atoms with van der Waals surface area (Å²) in [6, 6.07) is 12.8. The van der Waals surface area contributed by atoms with Crippen LogP contribution in [0.15, 0.2) is 53.6 Å². The highest BCUT2D eigenvalue weighted by atomic mass is 35.5. The molecule has 1 fully saturated rings. The summed E-state index contributed by atoms with van der Waals surface area (Å²) in [6.07, 6.45) is 2.21. The fraction of sp³-hybridized carbons (Fsp3) is 0.286. The Labute approximate surface area is 175 Å². The topological polar surface area (TPSA) is 86.3 Å². The lowest BCUT2D eigenvalue weighted by Crippen LogP contribution is -2.40. The van der Waals surface area contributed by atoms with Crippen molar-refractivity contribution >= 4 is 21.6 Å². The lowest BCUT2D eigenvalue weighted by atomic mass is 10.1. The number of sulfonamides is 1. The molecule has 2 aromatic carbocycles. The molecular weight excluding hydrogens is 410 g/mol. The zero-order valence-corrected chi connectivity index (χ0v) is 17.5. The molecule has 1 aromatic heterocycles. The molecule has 29 heavy (non-hydrogen) atoms. The number of H-pyrrole nitrogens is 1. The molecule has 3 aromatic rings. The van der Waals surface area contributed by atoms with E-state index in [-0.39, 0.29) is 23.0 Å². The SMILES string of the molecule is Cc1ccccc1-c1c[nH]c(-c2ccc(Cl)c(S(=O)(=O)N3CCC(O)CC3)c2)n1. The minimum absolute atomic E-state index is 0.0573. The summed E-state index contributed by atoms with van der Waals surface area (Å²) in [5.74, 6) is 0.574. The Morgan fingerprint density at radius 3 is 2.62 bits per heavy atom. The summed E-state index contributed by atoms with van der Waals surface area (Å²) in [4.78, 5) is 7.84. The van der Waals surface area contributed by atoms with E-state index in [0.29, 0.717) is 24.2 Å². The summed E-state index contributed by atoms with van der Waals surface area (Å²) in [5.41, 5.74) is 3.56. The predicted molar refractivity (Wildman–Crippen MR) is 113 cm³/mol. The second-order valence-electron chi connectivity index (χ2n) is 7.23. The molecule has 0 radical (unpaired) electrons. The van der Waals surface area contributed by atoms with Crippen LogP contribution >= 0.6 is 11.6 Å². The molecule has 6 nitrogen and oxygen atoms in total. The molecule has 0 amide bonds. The maximum atomic E-state index is 13.1. The van der Waals surface area contributed by atoms with Gasteiger partial charge in [-0.25, -0.2) is 13.4 Å². The third-order valence-electron chi connectivity index (χ3n) is 5.24. The van der Waals surface area contributed by atoms with E-state index in [1.807, 2.05) is 37.4 Å². The second kappa shape index (κ2) is 7.91. The number of rotatable bonds is 4. The fourth-order valence-corrected chi connectivity index (χ4v) is 5.51. The molecule has 1 aliphatic rings. The van der Waals surface area contributed by atoms with Crippen LogP contribution in [0.1, 0.15) is 18.4 Å². The summed E-state index contributed by atoms with van der Waals surface area (Å²) in [5, 5.41) is 9.84. The van der Waals surface area contributed by atoms with E-state index in [9.17, 15) is 13.5 Å². The Morgan fingerprint density at radius 1 is 1.17 bits per heavy atom. The van der Waals surface area contributed by atoms with E-state index in [1.165, 1.54) is 4.31 Å². The predicted octanol–water partition coefficient (Wildman–Crippen LogP) is 3.85. The smallest absolute Gasteiger partial charge is 0.244 e. The van der Waals surface area contributed by atoms with Gasteiger partial charge in [0.2, 0.25) is 10.0 Å². The maximum absolute atomic E-state index is 13.1. The van der Waals surface area contributed by atoms with Crippen LogP contribution in [0.5, 0.6) is 0 Å². The summed E-state index contributed by atoms with van der Waals surface area (Å²) < 4.78 is 27.6. The van der Waals surface area contributed by atoms with Crippen LogP contribution < -0.4 is 0 Å². The quantitative estimate of drug-likeness (QED) is 0.656. The van der Waals surface area contributed by atoms with Gasteiger partial charge in [0.05, 0.1) is 16.8 Å². The van der Waals surface area contributed by atoms with Crippen LogP contribution in [-0.4, -0.2) is 47.0 Å². The highest BCUT2D eigenvalue weighted by Gasteiger charge is 2.30. The molecule has 0 unspecified atom stereocenters. The number of aliphatic hydroxyl groups excluding tert-OH is 1. The zero-order valence-electron chi connectivity index (χ0n) is 16.0. The van der Waals surface area contributed by atoms with Gasteiger partial charge in [-0.1, -0.05) is 35.9 Å². The van der Waals surface area contributed by atoms with Crippen molar-refractivity contribution in [1.82, 2.24) is 14.3 Å². The highest BCUT2D eigenvalue weighted by Crippen LogP contribution is 2.31. The van der Waals surface area contributed by atoms with Crippen LogP contribution in [0.4, 0.5) is 0 Å². The summed E-state index contributed by atoms with van der Waals surface area (Å²) >= 11 is 6.25. The molecular formula is C21H22ClN3O3S. The van der Waals surface area contributed by atoms with E-state index in [2.05, 4.69) is 9.97 Å². The number of aromatic nitrogens is 2. The van der Waals surface area contributed by atoms with Crippen molar-refractivity contribution < 1.29 is 13.5 Å². The second-order valence-corrected chi connectivity index (χ2v) is 9.54. The van der Waals surface area contributed by atoms with Crippen molar-refractivity contribution in [2.45, 2.75) is 30.8 Å². The molecule has 8 heteroatoms. The first-order chi connectivity index (χ1) is 13.9. The van der Waals surface area contributed by atoms with Crippen molar-refractivity contribution in [2.75, 3.05) is 13.1 Å². The maximum Gasteiger partial charge on any atom is 0.244 e. The molecule has 0 saturated carbocycles. The van der Waals surface area contributed by atoms with Gasteiger partial charge in [-0.2, -0.15) is 4.31 Å². The third-order valence-corrected chi connectivity index (χ3v) is 7.62. The van der Waals surface area contributed by atoms with E-state index < -0.39 is 16.1 Å². The molecule has 152 valence electrons. The van der Waals surface area contributed by atoms with Crippen molar-refractivity contribution in [3.05, 3.63) is 59.2 Å². The first-order valence-corrected chi connectivity index (χ1v) is 11.3. The Balaban J connectivity index is 1.68. The number of aromatic amines is 1. The number of benzene rings is 2. The zero-order chi connectivity index (χ0) is 20.6. The first kappa shape index (κ1) is 20.1. The first-order valence-electron chi connectivity index (χ1n) is 9.46. The van der Waals surface area contributed by atoms with E-state index in [1.54, 1.807) is 18.2 Å². The van der Waals surface area contributed by atoms with E-state index >= 15 is 0 Å². The molecule has 1 aliphatic heterocycles. The average Bonchev–Trinajstić information content (AvgIpc) is 3.19. The molecule has 2 N–H and O–H groups in total. The van der Waals surface area contributed by atoms with E-state index in [4.69, 9.17) is 11.6 Å². The molecule has 0 atom stereocenters. The third kappa shape index (κ3) is 3.96. The minimum atomic E-state index is -3.75. The number of nitrogens with one attached hydrogen (secondary N) is 1. The van der Waals surface area contributed by atoms with Gasteiger partial charge in [-0.3, -0.25) is 0 Å². The number of aliphatic hydroxyl groups is 1. The number of hydrogen-bond acceptors (Lipinski definition) is 4. The number of imidazole rings is 1. The van der Waals surface area contributed by atoms with Crippen LogP contribution in [0.25, 0.3) is 22.6 Å². The van der Waals surface area contributed by atoms with Gasteiger partial charge in [0.15, 0.2) is 0 Å². The Kier molecular flexibility index (Phi) is 5.48. The number of halogens is 1. The molecule has 2 heterocycles. The van der Waals surface area contributed by atoms with Gasteiger partial charge >= 0.3 is 0 Å². The molecule has 0 spiro atoms. The molecule has 0 bridgehead atoms. The number of piperidine rings is 1. The Hall–Kier alpha value is -2.19. The van der Waals surface area contributed by atoms with Gasteiger partial charge in [-0.05, 0) is 43.5 Å². The van der Waals surface area contributed by atoms with Crippen LogP contribution in [0, 0.1) is 6.92 Å². The number of nitrogens with zero attached hydrogens (tertiary/aromatic N) is 2. The van der Waals surface area contributed by atoms with Crippen molar-refractivity contribution in [2.24, 2.45) is 0 Å². The van der Waals surface area contributed by atoms with E-state index in [0.717, 1.165) is 16.8 Å². The van der Waals surface area contributed by atoms with Crippen molar-refractivity contribution in [1.29, 1.82) is 0 Å². The summed E-state index contributed by atoms with van der Waals surface area (Å²) in [6.45, 7) is 2.58. The molecule has 0 aliphatic carbocycles. The largest absolute Gasteiger partial charge is 0.393 e. The van der Waals surface area contributed by atoms with Gasteiger partial charge in [0.25, 0.3) is 0 Å². The standard InChI is InChI=1S/C21H22ClN3O3S/c1-14-4-2-3-5-17(14)19-13-23-21(24-19)15-6-7-18(22)20(12-15)29(27,28)25-10-8-16(26)9-11-25/h2-7,12-13,16,26H,8-11H2,1H3,(H,23,24). The van der Waals surface area contributed by atoms with Gasteiger partial charge in [-0.15, -0.1) is 0 Å². The highest BCUT2D eigenvalue weighted by molar-refractivity contribution is 7.89. The number of hydrogen-bond donors (Lipinski definition) is 2. The van der Waals surface area contributed by atoms with Gasteiger partial charge in [0.1, 0.15) is 10.7 Å². The van der Waals surface area contributed by atoms with Crippen LogP contribution in [0.2, 0.25) is 5.02 Å². The normalized spacial score (nSPS) is 16.2. The lowest BCUT2D eigenvalue weighted by molar-refractivity contribution is 0.113. The average molecular weight is 432 g/mol. The lowest BCUT2D eigenvalue weighted by Gasteiger charge is -2.29. The van der Waals surface area contributed by atoms with Gasteiger partial charge < -0.3 is 10.1 Å². The Morgan fingerprint density at radius 2 is 1.90 bits per heavy atom. The fourth-order valence-electron chi connectivity index (χ4n) is 3.54. The van der Waals surface area contributed by atoms with Gasteiger partial charge in [0, 0.05) is 30.4 Å². The molecule has 4 rings (SSSR count). The number of aryl methyl sites for hydroxylation is 1. The van der Waals surface area contributed by atoms with Crippen LogP contribution in [-0.2, 0) is 10.0 Å². The van der Waals surface area contributed by atoms with Crippen LogP contribution in [0.3, 0.4) is 0 Å².